The molecule has 0 saturated carbocycles. The van der Waals surface area contributed by atoms with Crippen molar-refractivity contribution < 1.29 is 32.2 Å². The van der Waals surface area contributed by atoms with Crippen molar-refractivity contribution in [3.05, 3.63) is 53.1 Å². The van der Waals surface area contributed by atoms with Gasteiger partial charge in [0.05, 0.1) is 17.9 Å². The predicted octanol–water partition coefficient (Wildman–Crippen LogP) is 5.04. The zero-order valence-corrected chi connectivity index (χ0v) is 17.8. The van der Waals surface area contributed by atoms with Crippen molar-refractivity contribution in [2.24, 2.45) is 0 Å². The van der Waals surface area contributed by atoms with Crippen molar-refractivity contribution in [1.82, 2.24) is 0 Å². The van der Waals surface area contributed by atoms with Crippen molar-refractivity contribution in [2.75, 3.05) is 17.2 Å². The molecule has 0 spiro atoms. The number of fused-ring (bicyclic) bond motifs is 1. The van der Waals surface area contributed by atoms with E-state index < -0.39 is 29.2 Å². The van der Waals surface area contributed by atoms with Gasteiger partial charge in [-0.25, -0.2) is 0 Å². The highest BCUT2D eigenvalue weighted by Crippen LogP contribution is 2.37. The summed E-state index contributed by atoms with van der Waals surface area (Å²) in [4.78, 5) is 23.5. The van der Waals surface area contributed by atoms with E-state index in [9.17, 15) is 22.8 Å². The molecule has 170 valence electrons. The van der Waals surface area contributed by atoms with E-state index in [0.717, 1.165) is 30.2 Å². The molecule has 1 aliphatic heterocycles. The fourth-order valence-electron chi connectivity index (χ4n) is 3.37. The summed E-state index contributed by atoms with van der Waals surface area (Å²) >= 11 is 0. The minimum Gasteiger partial charge on any atom is -0.493 e. The van der Waals surface area contributed by atoms with Crippen LogP contribution in [0.4, 0.5) is 24.5 Å². The molecule has 9 heteroatoms. The number of anilines is 2. The zero-order valence-electron chi connectivity index (χ0n) is 17.8. The van der Waals surface area contributed by atoms with E-state index in [2.05, 4.69) is 10.6 Å². The molecule has 1 aliphatic rings. The quantitative estimate of drug-likeness (QED) is 0.608. The minimum absolute atomic E-state index is 0.0212. The second-order valence-corrected chi connectivity index (χ2v) is 7.33. The SMILES string of the molecule is CCOc1cc2c(cc1/C=C/C(=O)Nc1ccc(NC(C)=O)cc1C(F)(F)F)OC(C)C2. The van der Waals surface area contributed by atoms with Crippen LogP contribution in [0.3, 0.4) is 0 Å². The maximum atomic E-state index is 13.5. The van der Waals surface area contributed by atoms with Crippen LogP contribution in [0.2, 0.25) is 0 Å². The van der Waals surface area contributed by atoms with Crippen molar-refractivity contribution >= 4 is 29.3 Å². The normalized spacial score (nSPS) is 15.2. The van der Waals surface area contributed by atoms with Crippen LogP contribution < -0.4 is 20.1 Å². The van der Waals surface area contributed by atoms with E-state index in [-0.39, 0.29) is 11.8 Å². The standard InChI is InChI=1S/C23H23F3N2O4/c1-4-31-20-11-16-9-13(2)32-21(16)10-15(20)5-8-22(30)28-19-7-6-17(27-14(3)29)12-18(19)23(24,25)26/h5-8,10-13H,4,9H2,1-3H3,(H,27,29)(H,28,30)/b8-5+. The largest absolute Gasteiger partial charge is 0.493 e. The summed E-state index contributed by atoms with van der Waals surface area (Å²) in [6, 6.07) is 6.74. The number of hydrogen-bond acceptors (Lipinski definition) is 4. The van der Waals surface area contributed by atoms with Gasteiger partial charge in [-0.2, -0.15) is 13.2 Å². The van der Waals surface area contributed by atoms with Crippen LogP contribution in [0, 0.1) is 0 Å². The van der Waals surface area contributed by atoms with Gasteiger partial charge in [0.15, 0.2) is 0 Å². The fourth-order valence-corrected chi connectivity index (χ4v) is 3.37. The number of hydrogen-bond donors (Lipinski definition) is 2. The Labute approximate surface area is 183 Å². The van der Waals surface area contributed by atoms with Gasteiger partial charge in [-0.05, 0) is 50.3 Å². The maximum Gasteiger partial charge on any atom is 0.418 e. The molecule has 0 bridgehead atoms. The first kappa shape index (κ1) is 23.2. The van der Waals surface area contributed by atoms with E-state index in [1.807, 2.05) is 19.9 Å². The first-order valence-electron chi connectivity index (χ1n) is 10.0. The molecule has 0 aliphatic carbocycles. The molecule has 0 radical (unpaired) electrons. The van der Waals surface area contributed by atoms with Gasteiger partial charge >= 0.3 is 6.18 Å². The van der Waals surface area contributed by atoms with Crippen LogP contribution in [-0.2, 0) is 22.2 Å². The second-order valence-electron chi connectivity index (χ2n) is 7.33. The molecule has 1 unspecified atom stereocenters. The number of alkyl halides is 3. The molecule has 3 rings (SSSR count). The number of carbonyl (C=O) groups is 2. The van der Waals surface area contributed by atoms with Crippen molar-refractivity contribution in [3.8, 4) is 11.5 Å². The van der Waals surface area contributed by atoms with Gasteiger partial charge < -0.3 is 20.1 Å². The molecule has 1 heterocycles. The lowest BCUT2D eigenvalue weighted by atomic mass is 10.1. The van der Waals surface area contributed by atoms with Crippen LogP contribution in [0.5, 0.6) is 11.5 Å². The Bertz CT molecular complexity index is 1060. The summed E-state index contributed by atoms with van der Waals surface area (Å²) in [6.45, 7) is 5.38. The topological polar surface area (TPSA) is 76.7 Å². The third-order valence-corrected chi connectivity index (χ3v) is 4.65. The molecular formula is C23H23F3N2O4. The predicted molar refractivity (Wildman–Crippen MR) is 115 cm³/mol. The van der Waals surface area contributed by atoms with Crippen LogP contribution in [0.15, 0.2) is 36.4 Å². The smallest absolute Gasteiger partial charge is 0.418 e. The number of ether oxygens (including phenoxy) is 2. The Morgan fingerprint density at radius 3 is 2.62 bits per heavy atom. The summed E-state index contributed by atoms with van der Waals surface area (Å²) in [5.74, 6) is -0.00625. The van der Waals surface area contributed by atoms with Crippen LogP contribution in [0.1, 0.15) is 37.5 Å². The van der Waals surface area contributed by atoms with Gasteiger partial charge in [0.2, 0.25) is 11.8 Å². The molecule has 2 amide bonds. The molecular weight excluding hydrogens is 425 g/mol. The summed E-state index contributed by atoms with van der Waals surface area (Å²) in [5.41, 5.74) is 0.0634. The molecule has 0 fully saturated rings. The monoisotopic (exact) mass is 448 g/mol. The highest BCUT2D eigenvalue weighted by molar-refractivity contribution is 6.03. The van der Waals surface area contributed by atoms with E-state index in [1.54, 1.807) is 6.07 Å². The molecule has 2 aromatic carbocycles. The Balaban J connectivity index is 1.83. The molecule has 0 saturated heterocycles. The molecule has 32 heavy (non-hydrogen) atoms. The van der Waals surface area contributed by atoms with Crippen molar-refractivity contribution in [2.45, 2.75) is 39.5 Å². The fraction of sp³-hybridized carbons (Fsp3) is 0.304. The molecule has 6 nitrogen and oxygen atoms in total. The Morgan fingerprint density at radius 2 is 1.97 bits per heavy atom. The molecule has 0 aromatic heterocycles. The maximum absolute atomic E-state index is 13.5. The minimum atomic E-state index is -4.73. The van der Waals surface area contributed by atoms with Crippen LogP contribution in [-0.4, -0.2) is 24.5 Å². The number of nitrogens with one attached hydrogen (secondary N) is 2. The van der Waals surface area contributed by atoms with Gasteiger partial charge in [-0.1, -0.05) is 0 Å². The van der Waals surface area contributed by atoms with Crippen molar-refractivity contribution in [3.63, 3.8) is 0 Å². The summed E-state index contributed by atoms with van der Waals surface area (Å²) < 4.78 is 51.7. The average molecular weight is 448 g/mol. The van der Waals surface area contributed by atoms with Crippen LogP contribution in [0.25, 0.3) is 6.08 Å². The van der Waals surface area contributed by atoms with Gasteiger partial charge in [0.1, 0.15) is 17.6 Å². The number of carbonyl (C=O) groups excluding carboxylic acids is 2. The first-order chi connectivity index (χ1) is 15.1. The zero-order chi connectivity index (χ0) is 23.5. The number of amides is 2. The Kier molecular flexibility index (Phi) is 6.76. The van der Waals surface area contributed by atoms with E-state index in [0.29, 0.717) is 23.7 Å². The Hall–Kier alpha value is -3.49. The molecule has 1 atom stereocenters. The lowest BCUT2D eigenvalue weighted by Gasteiger charge is -2.15. The Morgan fingerprint density at radius 1 is 1.22 bits per heavy atom. The number of benzene rings is 2. The third kappa shape index (κ3) is 5.60. The first-order valence-corrected chi connectivity index (χ1v) is 10.0. The van der Waals surface area contributed by atoms with E-state index in [1.165, 1.54) is 19.1 Å². The number of rotatable bonds is 6. The summed E-state index contributed by atoms with van der Waals surface area (Å²) in [6.07, 6.45) is -1.36. The van der Waals surface area contributed by atoms with Crippen LogP contribution >= 0.6 is 0 Å². The molecule has 2 aromatic rings. The van der Waals surface area contributed by atoms with Gasteiger partial charge in [0, 0.05) is 36.2 Å². The lowest BCUT2D eigenvalue weighted by molar-refractivity contribution is -0.137. The lowest BCUT2D eigenvalue weighted by Crippen LogP contribution is -2.16. The molecule has 2 N–H and O–H groups in total. The summed E-state index contributed by atoms with van der Waals surface area (Å²) in [5, 5.41) is 4.54. The van der Waals surface area contributed by atoms with Gasteiger partial charge in [0.25, 0.3) is 0 Å². The van der Waals surface area contributed by atoms with Gasteiger partial charge in [-0.15, -0.1) is 0 Å². The summed E-state index contributed by atoms with van der Waals surface area (Å²) in [7, 11) is 0. The third-order valence-electron chi connectivity index (χ3n) is 4.65. The van der Waals surface area contributed by atoms with E-state index in [4.69, 9.17) is 9.47 Å². The van der Waals surface area contributed by atoms with Gasteiger partial charge in [-0.3, -0.25) is 9.59 Å². The van der Waals surface area contributed by atoms with Crippen molar-refractivity contribution in [1.29, 1.82) is 0 Å². The average Bonchev–Trinajstić information content (AvgIpc) is 3.05. The second kappa shape index (κ2) is 9.33. The number of halogens is 3. The highest BCUT2D eigenvalue weighted by Gasteiger charge is 2.34. The highest BCUT2D eigenvalue weighted by atomic mass is 19.4. The van der Waals surface area contributed by atoms with E-state index >= 15 is 0 Å².